The summed E-state index contributed by atoms with van der Waals surface area (Å²) in [6.07, 6.45) is 16.3. The minimum Gasteiger partial charge on any atom is -0.461 e. The van der Waals surface area contributed by atoms with Gasteiger partial charge in [0.05, 0.1) is 20.1 Å². The van der Waals surface area contributed by atoms with Crippen LogP contribution in [-0.2, 0) is 19.1 Å². The molecule has 6 nitrogen and oxygen atoms in total. The third kappa shape index (κ3) is 4.85. The van der Waals surface area contributed by atoms with Gasteiger partial charge in [-0.3, -0.25) is 14.5 Å². The third-order valence-corrected chi connectivity index (χ3v) is 13.7. The molecular weight excluding hydrogens is 500 g/mol. The van der Waals surface area contributed by atoms with Gasteiger partial charge in [0.25, 0.3) is 0 Å². The largest absolute Gasteiger partial charge is 0.461 e. The SMILES string of the molecule is CC(=O)OC1C[C@@H]2CC[C@@H]3[C@H](CC[C@@]4(C)[C@H]3C[C@H]([N+]3(C)CCCCC3)[C@@H]4OC(C)=O)[C@@]2(C)C[C@@H]1N1CCCCC1. The Balaban J connectivity index is 1.29. The van der Waals surface area contributed by atoms with Crippen LogP contribution in [0, 0.1) is 34.5 Å². The molecule has 10 atom stereocenters. The van der Waals surface area contributed by atoms with E-state index in [9.17, 15) is 9.59 Å². The zero-order chi connectivity index (χ0) is 28.3. The fourth-order valence-corrected chi connectivity index (χ4v) is 11.7. The maximum absolute atomic E-state index is 12.5. The number of carbonyl (C=O) groups excluding carboxylic acids is 2. The smallest absolute Gasteiger partial charge is 0.303 e. The summed E-state index contributed by atoms with van der Waals surface area (Å²) in [6, 6.07) is 0.796. The van der Waals surface area contributed by atoms with E-state index in [-0.39, 0.29) is 29.6 Å². The van der Waals surface area contributed by atoms with Gasteiger partial charge in [0.2, 0.25) is 0 Å². The number of esters is 2. The van der Waals surface area contributed by atoms with Crippen LogP contribution in [0.2, 0.25) is 0 Å². The monoisotopic (exact) mass is 557 g/mol. The van der Waals surface area contributed by atoms with Crippen molar-refractivity contribution in [2.45, 2.75) is 135 Å². The fraction of sp³-hybridized carbons (Fsp3) is 0.941. The molecule has 6 fully saturated rings. The van der Waals surface area contributed by atoms with Crippen molar-refractivity contribution in [1.82, 2.24) is 4.90 Å². The molecule has 6 aliphatic rings. The molecular formula is C34H57N2O4+. The van der Waals surface area contributed by atoms with E-state index in [1.54, 1.807) is 13.8 Å². The van der Waals surface area contributed by atoms with Gasteiger partial charge in [-0.2, -0.15) is 0 Å². The van der Waals surface area contributed by atoms with E-state index in [1.165, 1.54) is 90.1 Å². The number of hydrogen-bond acceptors (Lipinski definition) is 5. The number of nitrogens with zero attached hydrogens (tertiary/aromatic N) is 2. The van der Waals surface area contributed by atoms with Crippen LogP contribution >= 0.6 is 0 Å². The van der Waals surface area contributed by atoms with E-state index >= 15 is 0 Å². The minimum atomic E-state index is -0.111. The number of fused-ring (bicyclic) bond motifs is 5. The Kier molecular flexibility index (Phi) is 7.85. The highest BCUT2D eigenvalue weighted by Crippen LogP contribution is 2.67. The summed E-state index contributed by atoms with van der Waals surface area (Å²) < 4.78 is 13.5. The number of quaternary nitrogens is 1. The molecule has 0 bridgehead atoms. The van der Waals surface area contributed by atoms with E-state index in [0.717, 1.165) is 29.9 Å². The molecule has 0 spiro atoms. The van der Waals surface area contributed by atoms with E-state index in [2.05, 4.69) is 25.8 Å². The summed E-state index contributed by atoms with van der Waals surface area (Å²) in [6.45, 7) is 13.1. The molecule has 226 valence electrons. The molecule has 4 saturated carbocycles. The molecule has 2 heterocycles. The normalized spacial score (nSPS) is 46.9. The molecule has 0 amide bonds. The van der Waals surface area contributed by atoms with E-state index < -0.39 is 0 Å². The molecule has 0 aromatic carbocycles. The minimum absolute atomic E-state index is 0.0466. The van der Waals surface area contributed by atoms with E-state index in [4.69, 9.17) is 9.47 Å². The second-order valence-corrected chi connectivity index (χ2v) is 15.8. The zero-order valence-electron chi connectivity index (χ0n) is 26.2. The van der Waals surface area contributed by atoms with Crippen LogP contribution in [0.4, 0.5) is 0 Å². The highest BCUT2D eigenvalue weighted by molar-refractivity contribution is 5.66. The number of piperidine rings is 2. The molecule has 0 aromatic rings. The van der Waals surface area contributed by atoms with Gasteiger partial charge in [-0.05, 0) is 113 Å². The lowest BCUT2D eigenvalue weighted by molar-refractivity contribution is -0.940. The second kappa shape index (κ2) is 10.8. The van der Waals surface area contributed by atoms with Crippen LogP contribution in [0.25, 0.3) is 0 Å². The van der Waals surface area contributed by atoms with Crippen LogP contribution in [0.5, 0.6) is 0 Å². The Morgan fingerprint density at radius 3 is 2.15 bits per heavy atom. The van der Waals surface area contributed by atoms with E-state index in [1.807, 2.05) is 0 Å². The first-order valence-electron chi connectivity index (χ1n) is 17.0. The van der Waals surface area contributed by atoms with Gasteiger partial charge >= 0.3 is 11.9 Å². The molecule has 40 heavy (non-hydrogen) atoms. The molecule has 0 aromatic heterocycles. The average Bonchev–Trinajstić information content (AvgIpc) is 3.21. The fourth-order valence-electron chi connectivity index (χ4n) is 11.7. The van der Waals surface area contributed by atoms with Crippen LogP contribution in [0.15, 0.2) is 0 Å². The van der Waals surface area contributed by atoms with Crippen molar-refractivity contribution in [3.8, 4) is 0 Å². The predicted octanol–water partition coefficient (Wildman–Crippen LogP) is 5.97. The molecule has 2 saturated heterocycles. The Morgan fingerprint density at radius 2 is 1.48 bits per heavy atom. The first-order chi connectivity index (χ1) is 19.0. The van der Waals surface area contributed by atoms with Crippen LogP contribution in [0.1, 0.15) is 111 Å². The van der Waals surface area contributed by atoms with Gasteiger partial charge < -0.3 is 14.0 Å². The summed E-state index contributed by atoms with van der Waals surface area (Å²) in [4.78, 5) is 27.4. The predicted molar refractivity (Wildman–Crippen MR) is 156 cm³/mol. The van der Waals surface area contributed by atoms with Crippen molar-refractivity contribution in [2.75, 3.05) is 33.2 Å². The number of hydrogen-bond donors (Lipinski definition) is 0. The molecule has 0 N–H and O–H groups in total. The first-order valence-corrected chi connectivity index (χ1v) is 17.0. The summed E-state index contributed by atoms with van der Waals surface area (Å²) in [7, 11) is 2.47. The lowest BCUT2D eigenvalue weighted by Crippen LogP contribution is -2.61. The first kappa shape index (κ1) is 29.0. The van der Waals surface area contributed by atoms with Crippen molar-refractivity contribution >= 4 is 11.9 Å². The zero-order valence-corrected chi connectivity index (χ0v) is 26.2. The van der Waals surface area contributed by atoms with Gasteiger partial charge in [-0.25, -0.2) is 0 Å². The third-order valence-electron chi connectivity index (χ3n) is 13.7. The molecule has 1 unspecified atom stereocenters. The number of likely N-dealkylation sites (N-methyl/N-ethyl adjacent to an activating group) is 1. The molecule has 0 radical (unpaired) electrons. The molecule has 2 aliphatic heterocycles. The van der Waals surface area contributed by atoms with Crippen molar-refractivity contribution in [2.24, 2.45) is 34.5 Å². The number of ether oxygens (including phenoxy) is 2. The van der Waals surface area contributed by atoms with Gasteiger partial charge in [0, 0.05) is 31.7 Å². The van der Waals surface area contributed by atoms with Crippen molar-refractivity contribution in [3.63, 3.8) is 0 Å². The summed E-state index contributed by atoms with van der Waals surface area (Å²) in [5.74, 6) is 2.50. The lowest BCUT2D eigenvalue weighted by atomic mass is 9.44. The Bertz CT molecular complexity index is 958. The number of rotatable bonds is 4. The topological polar surface area (TPSA) is 55.8 Å². The highest BCUT2D eigenvalue weighted by atomic mass is 16.5. The summed E-state index contributed by atoms with van der Waals surface area (Å²) >= 11 is 0. The van der Waals surface area contributed by atoms with Gasteiger partial charge in [-0.15, -0.1) is 0 Å². The summed E-state index contributed by atoms with van der Waals surface area (Å²) in [5, 5.41) is 0. The van der Waals surface area contributed by atoms with Gasteiger partial charge in [0.1, 0.15) is 12.1 Å². The number of likely N-dealkylation sites (tertiary alicyclic amines) is 2. The highest BCUT2D eigenvalue weighted by Gasteiger charge is 2.67. The van der Waals surface area contributed by atoms with Gasteiger partial charge in [0.15, 0.2) is 6.10 Å². The maximum atomic E-state index is 12.5. The Hall–Kier alpha value is -1.14. The van der Waals surface area contributed by atoms with Crippen LogP contribution in [-0.4, -0.2) is 78.8 Å². The number of carbonyl (C=O) groups is 2. The van der Waals surface area contributed by atoms with Gasteiger partial charge in [-0.1, -0.05) is 20.3 Å². The van der Waals surface area contributed by atoms with E-state index in [0.29, 0.717) is 35.3 Å². The van der Waals surface area contributed by atoms with Crippen LogP contribution < -0.4 is 0 Å². The Morgan fingerprint density at radius 1 is 0.800 bits per heavy atom. The van der Waals surface area contributed by atoms with Crippen molar-refractivity contribution in [1.29, 1.82) is 0 Å². The molecule has 6 rings (SSSR count). The van der Waals surface area contributed by atoms with Crippen LogP contribution in [0.3, 0.4) is 0 Å². The standard InChI is InChI=1S/C34H57N2O4/c1-23(37)39-31-20-25-12-13-26-27(34(25,4)22-29(31)35-16-8-6-9-17-35)14-15-33(3)28(26)21-30(32(33)40-24(2)38)36(5)18-10-7-11-19-36/h25-32H,6-22H2,1-5H3/q+1/t25-,26+,27-,28-,29-,30-,31?,32-,33-,34-/m0/s1. The average molecular weight is 558 g/mol. The molecule has 6 heteroatoms. The second-order valence-electron chi connectivity index (χ2n) is 15.8. The molecule has 4 aliphatic carbocycles. The quantitative estimate of drug-likeness (QED) is 0.315. The lowest BCUT2D eigenvalue weighted by Gasteiger charge is -2.62. The maximum Gasteiger partial charge on any atom is 0.303 e. The van der Waals surface area contributed by atoms with Crippen molar-refractivity contribution in [3.05, 3.63) is 0 Å². The Labute approximate surface area is 243 Å². The summed E-state index contributed by atoms with van der Waals surface area (Å²) in [5.41, 5.74) is 0.377. The van der Waals surface area contributed by atoms with Crippen molar-refractivity contribution < 1.29 is 23.5 Å².